The van der Waals surface area contributed by atoms with Crippen LogP contribution in [-0.4, -0.2) is 61.7 Å². The van der Waals surface area contributed by atoms with Gasteiger partial charge in [0.1, 0.15) is 5.75 Å². The number of anilines is 1. The molecule has 1 heterocycles. The molecule has 1 aromatic carbocycles. The Kier molecular flexibility index (Phi) is 9.87. The zero-order valence-electron chi connectivity index (χ0n) is 14.0. The van der Waals surface area contributed by atoms with Crippen molar-refractivity contribution in [2.45, 2.75) is 12.6 Å². The summed E-state index contributed by atoms with van der Waals surface area (Å²) < 4.78 is 42.7. The first-order chi connectivity index (χ1) is 11.2. The van der Waals surface area contributed by atoms with E-state index in [2.05, 4.69) is 0 Å². The molecule has 1 amide bonds. The number of nitrogen functional groups attached to an aromatic ring is 1. The van der Waals surface area contributed by atoms with Crippen molar-refractivity contribution in [1.29, 1.82) is 0 Å². The summed E-state index contributed by atoms with van der Waals surface area (Å²) in [5.74, 6) is -0.0408. The average molecular weight is 439 g/mol. The fourth-order valence-corrected chi connectivity index (χ4v) is 2.82. The van der Waals surface area contributed by atoms with Gasteiger partial charge in [0.15, 0.2) is 0 Å². The normalized spacial score (nSPS) is 15.5. The van der Waals surface area contributed by atoms with E-state index in [-0.39, 0.29) is 60.1 Å². The maximum absolute atomic E-state index is 12.7. The number of hydrogen-bond acceptors (Lipinski definition) is 4. The summed E-state index contributed by atoms with van der Waals surface area (Å²) in [5, 5.41) is 0.229. The Bertz CT molecular complexity index is 618. The molecule has 5 nitrogen and oxygen atoms in total. The first kappa shape index (κ1) is 24.9. The van der Waals surface area contributed by atoms with E-state index in [1.54, 1.807) is 0 Å². The lowest BCUT2D eigenvalue weighted by Gasteiger charge is -2.23. The molecule has 1 aromatic rings. The lowest BCUT2D eigenvalue weighted by Crippen LogP contribution is -2.38. The first-order valence-corrected chi connectivity index (χ1v) is 7.80. The minimum Gasteiger partial charge on any atom is -0.496 e. The van der Waals surface area contributed by atoms with E-state index in [1.165, 1.54) is 29.0 Å². The SMILES string of the molecule is COc1cc(N)c(Cl)cc1C(=O)N1CCCN(CC(F)(F)F)CC1.Cl.Cl. The smallest absolute Gasteiger partial charge is 0.401 e. The highest BCUT2D eigenvalue weighted by molar-refractivity contribution is 6.33. The van der Waals surface area contributed by atoms with Gasteiger partial charge in [0.2, 0.25) is 0 Å². The van der Waals surface area contributed by atoms with E-state index in [4.69, 9.17) is 22.1 Å². The summed E-state index contributed by atoms with van der Waals surface area (Å²) in [5.41, 5.74) is 6.24. The van der Waals surface area contributed by atoms with Crippen molar-refractivity contribution in [2.24, 2.45) is 0 Å². The van der Waals surface area contributed by atoms with Crippen LogP contribution in [0.1, 0.15) is 16.8 Å². The minimum atomic E-state index is -4.24. The summed E-state index contributed by atoms with van der Waals surface area (Å²) in [6, 6.07) is 2.89. The number of hydrogen-bond donors (Lipinski definition) is 1. The second kappa shape index (κ2) is 10.3. The highest BCUT2D eigenvalue weighted by Crippen LogP contribution is 2.30. The number of rotatable bonds is 3. The van der Waals surface area contributed by atoms with Gasteiger partial charge in [-0.25, -0.2) is 0 Å². The number of carbonyl (C=O) groups is 1. The largest absolute Gasteiger partial charge is 0.496 e. The summed E-state index contributed by atoms with van der Waals surface area (Å²) >= 11 is 5.97. The maximum atomic E-state index is 12.7. The van der Waals surface area contributed by atoms with Gasteiger partial charge >= 0.3 is 6.18 Å². The molecule has 1 fully saturated rings. The molecule has 11 heteroatoms. The summed E-state index contributed by atoms with van der Waals surface area (Å²) in [6.07, 6.45) is -3.78. The van der Waals surface area contributed by atoms with Gasteiger partial charge in [-0.1, -0.05) is 11.6 Å². The Balaban J connectivity index is 0.00000312. The number of alkyl halides is 3. The fourth-order valence-electron chi connectivity index (χ4n) is 2.66. The molecule has 0 bridgehead atoms. The van der Waals surface area contributed by atoms with Crippen LogP contribution in [0.3, 0.4) is 0 Å². The monoisotopic (exact) mass is 437 g/mol. The van der Waals surface area contributed by atoms with Gasteiger partial charge in [0.05, 0.1) is 29.9 Å². The molecule has 1 aliphatic heterocycles. The number of halogens is 6. The van der Waals surface area contributed by atoms with Crippen molar-refractivity contribution in [3.8, 4) is 5.75 Å². The van der Waals surface area contributed by atoms with Crippen LogP contribution >= 0.6 is 36.4 Å². The van der Waals surface area contributed by atoms with Crippen LogP contribution in [0.2, 0.25) is 5.02 Å². The molecule has 0 radical (unpaired) electrons. The topological polar surface area (TPSA) is 58.8 Å². The Hall–Kier alpha value is -1.09. The van der Waals surface area contributed by atoms with Crippen molar-refractivity contribution in [1.82, 2.24) is 9.80 Å². The molecule has 0 saturated carbocycles. The van der Waals surface area contributed by atoms with Gasteiger partial charge in [-0.3, -0.25) is 9.69 Å². The molecule has 2 rings (SSSR count). The third-order valence-electron chi connectivity index (χ3n) is 3.83. The van der Waals surface area contributed by atoms with E-state index in [9.17, 15) is 18.0 Å². The molecule has 0 spiro atoms. The lowest BCUT2D eigenvalue weighted by atomic mass is 10.1. The Morgan fingerprint density at radius 3 is 2.46 bits per heavy atom. The highest BCUT2D eigenvalue weighted by atomic mass is 35.5. The molecular formula is C15H21Cl3F3N3O2. The number of methoxy groups -OCH3 is 1. The molecular weight excluding hydrogens is 418 g/mol. The predicted molar refractivity (Wildman–Crippen MR) is 99.9 cm³/mol. The molecule has 0 atom stereocenters. The van der Waals surface area contributed by atoms with Crippen LogP contribution in [0.5, 0.6) is 5.75 Å². The van der Waals surface area contributed by atoms with Crippen molar-refractivity contribution in [3.05, 3.63) is 22.7 Å². The van der Waals surface area contributed by atoms with Crippen LogP contribution < -0.4 is 10.5 Å². The zero-order valence-corrected chi connectivity index (χ0v) is 16.4. The predicted octanol–water partition coefficient (Wildman–Crippen LogP) is 3.48. The summed E-state index contributed by atoms with van der Waals surface area (Å²) in [4.78, 5) is 15.5. The van der Waals surface area contributed by atoms with Gasteiger partial charge in [0, 0.05) is 32.2 Å². The third kappa shape index (κ3) is 6.57. The van der Waals surface area contributed by atoms with E-state index in [0.717, 1.165) is 0 Å². The standard InChI is InChI=1S/C15H19ClF3N3O2.2ClH/c1-24-13-8-12(20)11(16)7-10(13)14(23)22-4-2-3-21(5-6-22)9-15(17,18)19;;/h7-8H,2-6,9,20H2,1H3;2*1H. The number of nitrogens with zero attached hydrogens (tertiary/aromatic N) is 2. The maximum Gasteiger partial charge on any atom is 0.401 e. The van der Waals surface area contributed by atoms with Crippen LogP contribution in [0.15, 0.2) is 12.1 Å². The summed E-state index contributed by atoms with van der Waals surface area (Å²) in [7, 11) is 1.41. The van der Waals surface area contributed by atoms with Gasteiger partial charge in [0.25, 0.3) is 5.91 Å². The second-order valence-corrected chi connectivity index (χ2v) is 6.02. The van der Waals surface area contributed by atoms with E-state index in [1.807, 2.05) is 0 Å². The molecule has 0 aliphatic carbocycles. The number of amides is 1. The summed E-state index contributed by atoms with van der Waals surface area (Å²) in [6.45, 7) is 0.0731. The van der Waals surface area contributed by atoms with E-state index >= 15 is 0 Å². The third-order valence-corrected chi connectivity index (χ3v) is 4.16. The Morgan fingerprint density at radius 2 is 1.88 bits per heavy atom. The van der Waals surface area contributed by atoms with Gasteiger partial charge in [-0.15, -0.1) is 24.8 Å². The molecule has 0 aromatic heterocycles. The number of carbonyl (C=O) groups excluding carboxylic acids is 1. The Morgan fingerprint density at radius 1 is 1.23 bits per heavy atom. The van der Waals surface area contributed by atoms with Crippen molar-refractivity contribution in [3.63, 3.8) is 0 Å². The van der Waals surface area contributed by atoms with Crippen LogP contribution in [-0.2, 0) is 0 Å². The number of benzene rings is 1. The van der Waals surface area contributed by atoms with Crippen molar-refractivity contribution < 1.29 is 22.7 Å². The second-order valence-electron chi connectivity index (χ2n) is 5.61. The molecule has 1 aliphatic rings. The zero-order chi connectivity index (χ0) is 17.9. The first-order valence-electron chi connectivity index (χ1n) is 7.42. The van der Waals surface area contributed by atoms with Crippen LogP contribution in [0.4, 0.5) is 18.9 Å². The van der Waals surface area contributed by atoms with Gasteiger partial charge in [-0.05, 0) is 12.5 Å². The van der Waals surface area contributed by atoms with Gasteiger partial charge in [-0.2, -0.15) is 13.2 Å². The lowest BCUT2D eigenvalue weighted by molar-refractivity contribution is -0.145. The van der Waals surface area contributed by atoms with E-state index < -0.39 is 12.7 Å². The van der Waals surface area contributed by atoms with Gasteiger partial charge < -0.3 is 15.4 Å². The van der Waals surface area contributed by atoms with Crippen LogP contribution in [0.25, 0.3) is 0 Å². The van der Waals surface area contributed by atoms with Crippen molar-refractivity contribution in [2.75, 3.05) is 45.6 Å². The number of ether oxygens (including phenoxy) is 1. The van der Waals surface area contributed by atoms with Crippen LogP contribution in [0, 0.1) is 0 Å². The molecule has 2 N–H and O–H groups in total. The van der Waals surface area contributed by atoms with E-state index in [0.29, 0.717) is 25.3 Å². The molecule has 1 saturated heterocycles. The number of nitrogens with two attached hydrogens (primary N) is 1. The molecule has 26 heavy (non-hydrogen) atoms. The molecule has 0 unspecified atom stereocenters. The fraction of sp³-hybridized carbons (Fsp3) is 0.533. The average Bonchev–Trinajstić information content (AvgIpc) is 2.72. The molecule has 150 valence electrons. The highest BCUT2D eigenvalue weighted by Gasteiger charge is 2.32. The quantitative estimate of drug-likeness (QED) is 0.734. The minimum absolute atomic E-state index is 0. The Labute approximate surface area is 167 Å². The van der Waals surface area contributed by atoms with Crippen molar-refractivity contribution >= 4 is 48.0 Å².